The minimum absolute atomic E-state index is 0.000856. The van der Waals surface area contributed by atoms with Gasteiger partial charge in [-0.25, -0.2) is 0 Å². The van der Waals surface area contributed by atoms with Gasteiger partial charge in [-0.2, -0.15) is 0 Å². The fraction of sp³-hybridized carbons (Fsp3) is 0.652. The Bertz CT molecular complexity index is 791. The van der Waals surface area contributed by atoms with Gasteiger partial charge in [0.15, 0.2) is 5.60 Å². The van der Waals surface area contributed by atoms with E-state index in [1.807, 2.05) is 36.9 Å². The molecule has 27 heavy (non-hydrogen) atoms. The quantitative estimate of drug-likeness (QED) is 0.743. The number of ether oxygens (including phenoxy) is 1. The van der Waals surface area contributed by atoms with Gasteiger partial charge < -0.3 is 9.64 Å². The van der Waals surface area contributed by atoms with E-state index in [1.165, 1.54) is 0 Å². The second-order valence-electron chi connectivity index (χ2n) is 10.1. The minimum atomic E-state index is -0.958. The van der Waals surface area contributed by atoms with E-state index in [1.54, 1.807) is 0 Å². The SMILES string of the molecule is CC1(C)CC(=O)[C@H]2C[C@@H]3CCCN(c4ccccc4C(C)(C)C)C(=O)[C@@]32O1. The molecule has 2 aliphatic heterocycles. The van der Waals surface area contributed by atoms with Gasteiger partial charge >= 0.3 is 0 Å². The van der Waals surface area contributed by atoms with Crippen LogP contribution in [0.15, 0.2) is 24.3 Å². The zero-order valence-electron chi connectivity index (χ0n) is 17.2. The molecule has 0 unspecified atom stereocenters. The Balaban J connectivity index is 1.80. The standard InChI is InChI=1S/C23H31NO3/c1-21(2,3)16-10-6-7-11-18(16)24-12-8-9-15-13-17-19(25)14-22(4,5)27-23(15,17)20(24)26/h6-7,10-11,15,17H,8-9,12-14H2,1-5H3/t15-,17+,23+/m0/s1. The number of Topliss-reactive ketones (excluding diaryl/α,β-unsaturated/α-hetero) is 1. The normalized spacial score (nSPS) is 33.0. The van der Waals surface area contributed by atoms with E-state index >= 15 is 0 Å². The number of ketones is 1. The Kier molecular flexibility index (Phi) is 4.08. The summed E-state index contributed by atoms with van der Waals surface area (Å²) in [4.78, 5) is 28.6. The van der Waals surface area contributed by atoms with Crippen LogP contribution in [-0.2, 0) is 19.7 Å². The third kappa shape index (κ3) is 2.75. The summed E-state index contributed by atoms with van der Waals surface area (Å²) in [5.74, 6) is 0.0802. The molecule has 0 N–H and O–H groups in total. The van der Waals surface area contributed by atoms with Crippen LogP contribution < -0.4 is 4.90 Å². The summed E-state index contributed by atoms with van der Waals surface area (Å²) in [7, 11) is 0. The van der Waals surface area contributed by atoms with Crippen molar-refractivity contribution in [2.24, 2.45) is 11.8 Å². The average molecular weight is 370 g/mol. The molecule has 2 heterocycles. The van der Waals surface area contributed by atoms with Gasteiger partial charge in [0.1, 0.15) is 5.78 Å². The summed E-state index contributed by atoms with van der Waals surface area (Å²) in [5.41, 5.74) is 0.518. The minimum Gasteiger partial charge on any atom is -0.358 e. The molecule has 3 aliphatic rings. The van der Waals surface area contributed by atoms with Crippen molar-refractivity contribution in [2.75, 3.05) is 11.4 Å². The summed E-state index contributed by atoms with van der Waals surface area (Å²) in [6.45, 7) is 11.1. The lowest BCUT2D eigenvalue weighted by atomic mass is 9.55. The highest BCUT2D eigenvalue weighted by Crippen LogP contribution is 2.57. The molecule has 2 saturated heterocycles. The molecular weight excluding hydrogens is 338 g/mol. The predicted octanol–water partition coefficient (Wildman–Crippen LogP) is 4.25. The number of para-hydroxylation sites is 1. The van der Waals surface area contributed by atoms with Crippen LogP contribution in [-0.4, -0.2) is 29.4 Å². The molecular formula is C23H31NO3. The summed E-state index contributed by atoms with van der Waals surface area (Å²) in [6.07, 6.45) is 3.09. The lowest BCUT2D eigenvalue weighted by Gasteiger charge is -2.59. The van der Waals surface area contributed by atoms with Crippen molar-refractivity contribution in [3.63, 3.8) is 0 Å². The molecule has 4 nitrogen and oxygen atoms in total. The Morgan fingerprint density at radius 3 is 2.56 bits per heavy atom. The monoisotopic (exact) mass is 369 g/mol. The van der Waals surface area contributed by atoms with Crippen LogP contribution >= 0.6 is 0 Å². The van der Waals surface area contributed by atoms with Gasteiger partial charge in [0.2, 0.25) is 0 Å². The number of nitrogens with zero attached hydrogens (tertiary/aromatic N) is 1. The maximum atomic E-state index is 13.9. The van der Waals surface area contributed by atoms with E-state index < -0.39 is 11.2 Å². The van der Waals surface area contributed by atoms with Gasteiger partial charge in [-0.3, -0.25) is 9.59 Å². The fourth-order valence-electron chi connectivity index (χ4n) is 5.40. The van der Waals surface area contributed by atoms with Crippen molar-refractivity contribution in [2.45, 2.75) is 76.9 Å². The molecule has 1 aromatic carbocycles. The lowest BCUT2D eigenvalue weighted by Crippen LogP contribution is -2.72. The van der Waals surface area contributed by atoms with Crippen molar-refractivity contribution >= 4 is 17.4 Å². The van der Waals surface area contributed by atoms with Crippen LogP contribution in [0, 0.1) is 11.8 Å². The summed E-state index contributed by atoms with van der Waals surface area (Å²) < 4.78 is 6.49. The first kappa shape index (κ1) is 18.7. The maximum Gasteiger partial charge on any atom is 0.260 e. The summed E-state index contributed by atoms with van der Waals surface area (Å²) >= 11 is 0. The van der Waals surface area contributed by atoms with E-state index in [0.717, 1.165) is 30.5 Å². The van der Waals surface area contributed by atoms with Gasteiger partial charge in [-0.15, -0.1) is 0 Å². The van der Waals surface area contributed by atoms with Crippen LogP contribution in [0.5, 0.6) is 0 Å². The summed E-state index contributed by atoms with van der Waals surface area (Å²) in [6, 6.07) is 8.17. The smallest absolute Gasteiger partial charge is 0.260 e. The first-order valence-electron chi connectivity index (χ1n) is 10.2. The molecule has 4 rings (SSSR count). The van der Waals surface area contributed by atoms with Gasteiger partial charge in [0.25, 0.3) is 5.91 Å². The largest absolute Gasteiger partial charge is 0.358 e. The highest BCUT2D eigenvalue weighted by Gasteiger charge is 2.69. The van der Waals surface area contributed by atoms with Crippen molar-refractivity contribution < 1.29 is 14.3 Å². The maximum absolute atomic E-state index is 13.9. The number of hydrogen-bond donors (Lipinski definition) is 0. The van der Waals surface area contributed by atoms with Gasteiger partial charge in [-0.05, 0) is 56.1 Å². The molecule has 0 bridgehead atoms. The molecule has 146 valence electrons. The van der Waals surface area contributed by atoms with E-state index in [9.17, 15) is 9.59 Å². The predicted molar refractivity (Wildman–Crippen MR) is 106 cm³/mol. The third-order valence-electron chi connectivity index (χ3n) is 6.59. The zero-order valence-corrected chi connectivity index (χ0v) is 17.2. The second-order valence-corrected chi connectivity index (χ2v) is 10.1. The number of rotatable bonds is 1. The first-order chi connectivity index (χ1) is 12.6. The number of carbonyl (C=O) groups excluding carboxylic acids is 2. The lowest BCUT2D eigenvalue weighted by molar-refractivity contribution is -0.251. The molecule has 1 aromatic rings. The van der Waals surface area contributed by atoms with E-state index in [4.69, 9.17) is 4.74 Å². The van der Waals surface area contributed by atoms with Crippen molar-refractivity contribution in [1.29, 1.82) is 0 Å². The highest BCUT2D eigenvalue weighted by molar-refractivity contribution is 6.06. The average Bonchev–Trinajstić information content (AvgIpc) is 2.63. The molecule has 1 aliphatic carbocycles. The number of benzene rings is 1. The topological polar surface area (TPSA) is 46.6 Å². The van der Waals surface area contributed by atoms with Gasteiger partial charge in [0.05, 0.1) is 11.5 Å². The molecule has 0 aromatic heterocycles. The molecule has 1 amide bonds. The van der Waals surface area contributed by atoms with Crippen molar-refractivity contribution in [3.8, 4) is 0 Å². The van der Waals surface area contributed by atoms with Gasteiger partial charge in [0, 0.05) is 18.7 Å². The molecule has 4 heteroatoms. The first-order valence-corrected chi connectivity index (χ1v) is 10.2. The molecule has 0 radical (unpaired) electrons. The van der Waals surface area contributed by atoms with Gasteiger partial charge in [-0.1, -0.05) is 39.0 Å². The Morgan fingerprint density at radius 1 is 1.15 bits per heavy atom. The fourth-order valence-corrected chi connectivity index (χ4v) is 5.40. The highest BCUT2D eigenvalue weighted by atomic mass is 16.5. The Labute approximate surface area is 162 Å². The Hall–Kier alpha value is -1.68. The van der Waals surface area contributed by atoms with Crippen molar-refractivity contribution in [3.05, 3.63) is 29.8 Å². The number of anilines is 1. The molecule has 3 fully saturated rings. The van der Waals surface area contributed by atoms with Crippen molar-refractivity contribution in [1.82, 2.24) is 0 Å². The van der Waals surface area contributed by atoms with Crippen LogP contribution in [0.25, 0.3) is 0 Å². The molecule has 1 saturated carbocycles. The second kappa shape index (κ2) is 5.91. The summed E-state index contributed by atoms with van der Waals surface area (Å²) in [5, 5.41) is 0. The third-order valence-corrected chi connectivity index (χ3v) is 6.59. The van der Waals surface area contributed by atoms with Crippen LogP contribution in [0.1, 0.15) is 65.9 Å². The van der Waals surface area contributed by atoms with E-state index in [2.05, 4.69) is 26.8 Å². The Morgan fingerprint density at radius 2 is 1.85 bits per heavy atom. The molecule has 1 spiro atoms. The van der Waals surface area contributed by atoms with Crippen LogP contribution in [0.4, 0.5) is 5.69 Å². The number of amides is 1. The van der Waals surface area contributed by atoms with E-state index in [0.29, 0.717) is 13.0 Å². The number of carbonyl (C=O) groups is 2. The van der Waals surface area contributed by atoms with E-state index in [-0.39, 0.29) is 28.9 Å². The van der Waals surface area contributed by atoms with Crippen LogP contribution in [0.2, 0.25) is 0 Å². The van der Waals surface area contributed by atoms with Crippen LogP contribution in [0.3, 0.4) is 0 Å². The molecule has 3 atom stereocenters. The number of hydrogen-bond acceptors (Lipinski definition) is 3. The zero-order chi connectivity index (χ0) is 19.6.